The van der Waals surface area contributed by atoms with Gasteiger partial charge in [-0.25, -0.2) is 15.0 Å². The Balaban J connectivity index is 1.37. The van der Waals surface area contributed by atoms with Crippen molar-refractivity contribution in [2.24, 2.45) is 0 Å². The van der Waals surface area contributed by atoms with E-state index >= 15 is 0 Å². The number of benzene rings is 1. The van der Waals surface area contributed by atoms with Gasteiger partial charge in [0.05, 0.1) is 25.4 Å². The molecular weight excluding hydrogens is 368 g/mol. The number of nitrogens with one attached hydrogen (secondary N) is 1. The van der Waals surface area contributed by atoms with Crippen molar-refractivity contribution in [2.75, 3.05) is 25.5 Å². The molecule has 29 heavy (non-hydrogen) atoms. The Morgan fingerprint density at radius 3 is 2.79 bits per heavy atom. The molecule has 1 atom stereocenters. The first-order valence-electron chi connectivity index (χ1n) is 9.48. The zero-order chi connectivity index (χ0) is 20.1. The minimum Gasteiger partial charge on any atom is -0.497 e. The molecule has 1 amide bonds. The van der Waals surface area contributed by atoms with Gasteiger partial charge in [-0.15, -0.1) is 0 Å². The lowest BCUT2D eigenvalue weighted by Crippen LogP contribution is -2.30. The van der Waals surface area contributed by atoms with Crippen molar-refractivity contribution in [3.05, 3.63) is 66.4 Å². The molecule has 4 rings (SSSR count). The van der Waals surface area contributed by atoms with Gasteiger partial charge >= 0.3 is 0 Å². The van der Waals surface area contributed by atoms with E-state index in [4.69, 9.17) is 4.74 Å². The van der Waals surface area contributed by atoms with Crippen LogP contribution in [0.2, 0.25) is 0 Å². The minimum atomic E-state index is 0.129. The van der Waals surface area contributed by atoms with Gasteiger partial charge in [0.2, 0.25) is 11.9 Å². The number of hydrogen-bond acceptors (Lipinski definition) is 7. The Morgan fingerprint density at radius 1 is 1.17 bits per heavy atom. The smallest absolute Gasteiger partial charge is 0.228 e. The average Bonchev–Trinajstić information content (AvgIpc) is 3.26. The second-order valence-electron chi connectivity index (χ2n) is 6.87. The number of likely N-dealkylation sites (tertiary alicyclic amines) is 1. The Labute approximate surface area is 169 Å². The fraction of sp³-hybridized carbons (Fsp3) is 0.286. The number of carbonyl (C=O) groups is 1. The molecule has 0 radical (unpaired) electrons. The number of hydrogen-bond donors (Lipinski definition) is 1. The Kier molecular flexibility index (Phi) is 5.60. The van der Waals surface area contributed by atoms with Crippen LogP contribution in [-0.2, 0) is 11.2 Å². The Hall–Kier alpha value is -3.55. The maximum absolute atomic E-state index is 12.7. The first-order chi connectivity index (χ1) is 14.2. The lowest BCUT2D eigenvalue weighted by atomic mass is 10.1. The molecule has 0 saturated carbocycles. The largest absolute Gasteiger partial charge is 0.497 e. The van der Waals surface area contributed by atoms with Gasteiger partial charge in [-0.1, -0.05) is 12.1 Å². The molecular formula is C21H22N6O2. The quantitative estimate of drug-likeness (QED) is 0.691. The van der Waals surface area contributed by atoms with Crippen molar-refractivity contribution >= 4 is 17.7 Å². The molecule has 3 heterocycles. The van der Waals surface area contributed by atoms with E-state index in [0.717, 1.165) is 30.0 Å². The van der Waals surface area contributed by atoms with E-state index in [1.807, 2.05) is 35.2 Å². The molecule has 1 N–H and O–H groups in total. The maximum atomic E-state index is 12.7. The fourth-order valence-corrected chi connectivity index (χ4v) is 3.40. The van der Waals surface area contributed by atoms with Crippen molar-refractivity contribution in [1.29, 1.82) is 0 Å². The fourth-order valence-electron chi connectivity index (χ4n) is 3.40. The summed E-state index contributed by atoms with van der Waals surface area (Å²) in [6.07, 6.45) is 7.83. The van der Waals surface area contributed by atoms with Gasteiger partial charge in [-0.2, -0.15) is 0 Å². The molecule has 2 aromatic heterocycles. The zero-order valence-corrected chi connectivity index (χ0v) is 16.2. The third kappa shape index (κ3) is 4.66. The third-order valence-corrected chi connectivity index (χ3v) is 4.95. The number of nitrogens with zero attached hydrogens (tertiary/aromatic N) is 5. The second-order valence-corrected chi connectivity index (χ2v) is 6.87. The van der Waals surface area contributed by atoms with Crippen LogP contribution in [0.15, 0.2) is 55.1 Å². The van der Waals surface area contributed by atoms with Gasteiger partial charge in [-0.05, 0) is 30.2 Å². The van der Waals surface area contributed by atoms with Crippen LogP contribution in [-0.4, -0.2) is 50.9 Å². The summed E-state index contributed by atoms with van der Waals surface area (Å²) in [5.41, 5.74) is 1.91. The minimum absolute atomic E-state index is 0.129. The van der Waals surface area contributed by atoms with Gasteiger partial charge in [0, 0.05) is 37.6 Å². The van der Waals surface area contributed by atoms with E-state index in [2.05, 4.69) is 25.3 Å². The van der Waals surface area contributed by atoms with Crippen LogP contribution >= 0.6 is 0 Å². The molecule has 0 aliphatic carbocycles. The summed E-state index contributed by atoms with van der Waals surface area (Å²) in [5, 5.41) is 3.06. The second kappa shape index (κ2) is 8.64. The summed E-state index contributed by atoms with van der Waals surface area (Å²) in [6.45, 7) is 1.40. The summed E-state index contributed by atoms with van der Waals surface area (Å²) in [4.78, 5) is 31.6. The molecule has 0 unspecified atom stereocenters. The normalized spacial score (nSPS) is 15.9. The maximum Gasteiger partial charge on any atom is 0.228 e. The monoisotopic (exact) mass is 390 g/mol. The molecule has 0 spiro atoms. The third-order valence-electron chi connectivity index (χ3n) is 4.95. The van der Waals surface area contributed by atoms with Crippen LogP contribution in [0.25, 0.3) is 0 Å². The SMILES string of the molecule is COc1ccc(CC(=O)N2CC[C@H](c3ccnc(Nc4cnccn4)n3)C2)cc1. The van der Waals surface area contributed by atoms with Crippen molar-refractivity contribution in [3.63, 3.8) is 0 Å². The highest BCUT2D eigenvalue weighted by Crippen LogP contribution is 2.27. The lowest BCUT2D eigenvalue weighted by Gasteiger charge is -2.17. The van der Waals surface area contributed by atoms with E-state index in [0.29, 0.717) is 24.7 Å². The molecule has 148 valence electrons. The van der Waals surface area contributed by atoms with Gasteiger partial charge in [0.1, 0.15) is 5.75 Å². The lowest BCUT2D eigenvalue weighted by molar-refractivity contribution is -0.129. The molecule has 0 bridgehead atoms. The number of amides is 1. The topological polar surface area (TPSA) is 93.1 Å². The van der Waals surface area contributed by atoms with Crippen LogP contribution in [0.1, 0.15) is 23.6 Å². The summed E-state index contributed by atoms with van der Waals surface area (Å²) in [5.74, 6) is 2.18. The van der Waals surface area contributed by atoms with E-state index < -0.39 is 0 Å². The number of aromatic nitrogens is 4. The van der Waals surface area contributed by atoms with E-state index in [1.54, 1.807) is 31.9 Å². The number of ether oxygens (including phenoxy) is 1. The van der Waals surface area contributed by atoms with Crippen LogP contribution in [0.4, 0.5) is 11.8 Å². The molecule has 1 aliphatic rings. The van der Waals surface area contributed by atoms with E-state index in [9.17, 15) is 4.79 Å². The molecule has 8 nitrogen and oxygen atoms in total. The molecule has 1 aromatic carbocycles. The Bertz CT molecular complexity index is 964. The van der Waals surface area contributed by atoms with E-state index in [-0.39, 0.29) is 11.8 Å². The molecule has 8 heteroatoms. The summed E-state index contributed by atoms with van der Waals surface area (Å²) < 4.78 is 5.16. The highest BCUT2D eigenvalue weighted by molar-refractivity contribution is 5.79. The molecule has 1 saturated heterocycles. The molecule has 3 aromatic rings. The summed E-state index contributed by atoms with van der Waals surface area (Å²) in [7, 11) is 1.63. The first kappa shape index (κ1) is 18.8. The highest BCUT2D eigenvalue weighted by Gasteiger charge is 2.28. The van der Waals surface area contributed by atoms with Crippen LogP contribution in [0.3, 0.4) is 0 Å². The van der Waals surface area contributed by atoms with Gasteiger partial charge in [0.15, 0.2) is 5.82 Å². The summed E-state index contributed by atoms with van der Waals surface area (Å²) >= 11 is 0. The van der Waals surface area contributed by atoms with Crippen LogP contribution < -0.4 is 10.1 Å². The average molecular weight is 390 g/mol. The van der Waals surface area contributed by atoms with Crippen molar-refractivity contribution in [2.45, 2.75) is 18.8 Å². The predicted octanol–water partition coefficient (Wildman–Crippen LogP) is 2.58. The number of anilines is 2. The van der Waals surface area contributed by atoms with Crippen molar-refractivity contribution in [1.82, 2.24) is 24.8 Å². The highest BCUT2D eigenvalue weighted by atomic mass is 16.5. The van der Waals surface area contributed by atoms with Gasteiger partial charge in [0.25, 0.3) is 0 Å². The van der Waals surface area contributed by atoms with E-state index in [1.165, 1.54) is 0 Å². The predicted molar refractivity (Wildman–Crippen MR) is 108 cm³/mol. The zero-order valence-electron chi connectivity index (χ0n) is 16.2. The number of carbonyl (C=O) groups excluding carboxylic acids is 1. The standard InChI is InChI=1S/C21H22N6O2/c1-29-17-4-2-15(3-5-17)12-20(28)27-11-7-16(14-27)18-6-8-24-21(25-18)26-19-13-22-9-10-23-19/h2-6,8-10,13,16H,7,11-12,14H2,1H3,(H,23,24,25,26)/t16-/m0/s1. The first-order valence-corrected chi connectivity index (χ1v) is 9.48. The summed E-state index contributed by atoms with van der Waals surface area (Å²) in [6, 6.07) is 9.52. The van der Waals surface area contributed by atoms with Gasteiger partial charge in [-0.3, -0.25) is 9.78 Å². The van der Waals surface area contributed by atoms with Crippen molar-refractivity contribution in [3.8, 4) is 5.75 Å². The van der Waals surface area contributed by atoms with Crippen LogP contribution in [0.5, 0.6) is 5.75 Å². The van der Waals surface area contributed by atoms with Crippen LogP contribution in [0, 0.1) is 0 Å². The van der Waals surface area contributed by atoms with Crippen molar-refractivity contribution < 1.29 is 9.53 Å². The molecule has 1 aliphatic heterocycles. The Morgan fingerprint density at radius 2 is 2.03 bits per heavy atom. The number of methoxy groups -OCH3 is 1. The number of rotatable bonds is 6. The van der Waals surface area contributed by atoms with Gasteiger partial charge < -0.3 is 15.0 Å². The molecule has 1 fully saturated rings.